The molecule has 0 fully saturated rings. The number of carbonyl (C=O) groups excluding carboxylic acids is 1. The molecule has 78 valence electrons. The minimum absolute atomic E-state index is 0.428. The Labute approximate surface area is 85.2 Å². The summed E-state index contributed by atoms with van der Waals surface area (Å²) < 4.78 is 11.3. The highest BCUT2D eigenvalue weighted by molar-refractivity contribution is 5.91. The van der Waals surface area contributed by atoms with Crippen molar-refractivity contribution in [2.45, 2.75) is 6.42 Å². The summed E-state index contributed by atoms with van der Waals surface area (Å²) in [6, 6.07) is 6.80. The number of carboxylic acid groups (broad SMARTS) is 1. The van der Waals surface area contributed by atoms with Crippen LogP contribution >= 0.6 is 0 Å². The van der Waals surface area contributed by atoms with Crippen molar-refractivity contribution in [3.63, 3.8) is 0 Å². The Balaban J connectivity index is 0.000000158. The molecule has 0 saturated heterocycles. The largest absolute Gasteiger partial charge is 0.478 e. The van der Waals surface area contributed by atoms with Crippen LogP contribution in [0.5, 0.6) is 0 Å². The van der Waals surface area contributed by atoms with E-state index in [1.54, 1.807) is 0 Å². The number of aliphatic carboxylic acids is 1. The standard InChI is InChI=1S/C6H4.C5H5FO3/c1-2-6-4-3-5(1)6;1-3(5(8)9)2-4(6)7/h1-4H;1-2H2,(H,8,9). The number of hydrogen-bond donors (Lipinski definition) is 1. The fourth-order valence-corrected chi connectivity index (χ4v) is 0.906. The summed E-state index contributed by atoms with van der Waals surface area (Å²) in [6.07, 6.45) is -0.727. The molecule has 0 amide bonds. The number of rotatable bonds is 3. The van der Waals surface area contributed by atoms with Crippen molar-refractivity contribution < 1.29 is 19.1 Å². The number of hydrogen-bond acceptors (Lipinski definition) is 2. The Bertz CT molecular complexity index is 455. The molecular weight excluding hydrogens is 199 g/mol. The van der Waals surface area contributed by atoms with E-state index in [9.17, 15) is 14.0 Å². The maximum atomic E-state index is 11.3. The molecule has 0 aromatic rings. The Hall–Kier alpha value is -1.97. The molecule has 2 rings (SSSR count). The Morgan fingerprint density at radius 1 is 1.20 bits per heavy atom. The van der Waals surface area contributed by atoms with Gasteiger partial charge in [-0.05, 0) is 10.4 Å². The zero-order chi connectivity index (χ0) is 11.4. The van der Waals surface area contributed by atoms with Crippen molar-refractivity contribution >= 4 is 12.0 Å². The van der Waals surface area contributed by atoms with Gasteiger partial charge in [0.2, 0.25) is 0 Å². The number of carboxylic acids is 1. The lowest BCUT2D eigenvalue weighted by atomic mass is 10.1. The van der Waals surface area contributed by atoms with Gasteiger partial charge >= 0.3 is 12.0 Å². The second-order valence-corrected chi connectivity index (χ2v) is 3.02. The van der Waals surface area contributed by atoms with Gasteiger partial charge < -0.3 is 5.11 Å². The maximum absolute atomic E-state index is 11.3. The summed E-state index contributed by atoms with van der Waals surface area (Å²) in [4.78, 5) is 19.4. The normalized spacial score (nSPS) is 9.67. The van der Waals surface area contributed by atoms with Gasteiger partial charge in [-0.25, -0.2) is 4.79 Å². The van der Waals surface area contributed by atoms with E-state index in [2.05, 4.69) is 30.8 Å². The summed E-state index contributed by atoms with van der Waals surface area (Å²) in [5.74, 6) is -1.35. The molecule has 2 aliphatic carbocycles. The van der Waals surface area contributed by atoms with Gasteiger partial charge in [0.05, 0.1) is 6.42 Å². The van der Waals surface area contributed by atoms with Crippen LogP contribution in [0.3, 0.4) is 0 Å². The van der Waals surface area contributed by atoms with Crippen molar-refractivity contribution in [2.75, 3.05) is 0 Å². The molecule has 3 nitrogen and oxygen atoms in total. The van der Waals surface area contributed by atoms with E-state index >= 15 is 0 Å². The highest BCUT2D eigenvalue weighted by atomic mass is 19.1. The molecule has 4 heteroatoms. The van der Waals surface area contributed by atoms with Crippen LogP contribution in [-0.2, 0) is 9.59 Å². The quantitative estimate of drug-likeness (QED) is 0.618. The van der Waals surface area contributed by atoms with E-state index in [1.165, 1.54) is 10.4 Å². The summed E-state index contributed by atoms with van der Waals surface area (Å²) >= 11 is 0. The van der Waals surface area contributed by atoms with Crippen LogP contribution in [0.1, 0.15) is 6.42 Å². The Morgan fingerprint density at radius 2 is 1.60 bits per heavy atom. The lowest BCUT2D eigenvalue weighted by Gasteiger charge is -1.95. The maximum Gasteiger partial charge on any atom is 0.331 e. The molecule has 0 unspecified atom stereocenters. The van der Waals surface area contributed by atoms with Crippen LogP contribution in [0.4, 0.5) is 4.39 Å². The summed E-state index contributed by atoms with van der Waals surface area (Å²) in [5, 5.41) is 10.9. The highest BCUT2D eigenvalue weighted by Gasteiger charge is 2.07. The average Bonchev–Trinajstić information content (AvgIpc) is 2.11. The van der Waals surface area contributed by atoms with Crippen LogP contribution < -0.4 is 0 Å². The van der Waals surface area contributed by atoms with Gasteiger partial charge in [-0.1, -0.05) is 30.8 Å². The minimum Gasteiger partial charge on any atom is -0.478 e. The Morgan fingerprint density at radius 3 is 1.67 bits per heavy atom. The number of benzene rings is 1. The predicted octanol–water partition coefficient (Wildman–Crippen LogP) is 1.80. The van der Waals surface area contributed by atoms with Gasteiger partial charge in [-0.2, -0.15) is 4.39 Å². The smallest absolute Gasteiger partial charge is 0.331 e. The average molecular weight is 208 g/mol. The summed E-state index contributed by atoms with van der Waals surface area (Å²) in [7, 11) is 0. The van der Waals surface area contributed by atoms with Crippen LogP contribution in [0.15, 0.2) is 36.4 Å². The van der Waals surface area contributed by atoms with E-state index in [1.807, 2.05) is 0 Å². The lowest BCUT2D eigenvalue weighted by Crippen LogP contribution is -2.02. The first-order valence-electron chi connectivity index (χ1n) is 4.20. The van der Waals surface area contributed by atoms with E-state index < -0.39 is 24.0 Å². The Kier molecular flexibility index (Phi) is 3.33. The topological polar surface area (TPSA) is 54.4 Å². The van der Waals surface area contributed by atoms with Crippen LogP contribution in [0.25, 0.3) is 0 Å². The van der Waals surface area contributed by atoms with Gasteiger partial charge in [0, 0.05) is 5.57 Å². The first-order valence-corrected chi connectivity index (χ1v) is 4.20. The molecule has 0 aliphatic heterocycles. The molecule has 0 heterocycles. The summed E-state index contributed by atoms with van der Waals surface area (Å²) in [6.45, 7) is 2.93. The molecule has 2 aliphatic rings. The molecule has 15 heavy (non-hydrogen) atoms. The zero-order valence-electron chi connectivity index (χ0n) is 7.87. The molecule has 0 bridgehead atoms. The molecule has 0 saturated carbocycles. The van der Waals surface area contributed by atoms with E-state index in [0.29, 0.717) is 0 Å². The van der Waals surface area contributed by atoms with Crippen LogP contribution in [0, 0.1) is 10.4 Å². The fourth-order valence-electron chi connectivity index (χ4n) is 0.906. The molecule has 0 radical (unpaired) electrons. The van der Waals surface area contributed by atoms with Crippen molar-refractivity contribution in [1.29, 1.82) is 0 Å². The van der Waals surface area contributed by atoms with Crippen molar-refractivity contribution in [2.24, 2.45) is 0 Å². The minimum atomic E-state index is -1.68. The molecule has 1 N–H and O–H groups in total. The molecular formula is C11H9FO3. The van der Waals surface area contributed by atoms with E-state index in [-0.39, 0.29) is 0 Å². The molecule has 0 aromatic heterocycles. The lowest BCUT2D eigenvalue weighted by molar-refractivity contribution is -0.135. The SMILES string of the molecule is C=C(CC(=O)F)C(=O)O.c1cc2ccc1=2. The van der Waals surface area contributed by atoms with Crippen LogP contribution in [-0.4, -0.2) is 17.1 Å². The highest BCUT2D eigenvalue weighted by Crippen LogP contribution is 2.04. The first kappa shape index (κ1) is 11.1. The first-order chi connectivity index (χ1) is 7.00. The zero-order valence-corrected chi connectivity index (χ0v) is 7.87. The van der Waals surface area contributed by atoms with E-state index in [4.69, 9.17) is 5.11 Å². The third-order valence-corrected chi connectivity index (χ3v) is 1.87. The van der Waals surface area contributed by atoms with Crippen molar-refractivity contribution in [3.8, 4) is 0 Å². The fraction of sp³-hybridized carbons (Fsp3) is 0.0909. The molecule has 0 aromatic carbocycles. The summed E-state index contributed by atoms with van der Waals surface area (Å²) in [5.41, 5.74) is -0.428. The van der Waals surface area contributed by atoms with Gasteiger partial charge in [-0.15, -0.1) is 0 Å². The third kappa shape index (κ3) is 3.02. The van der Waals surface area contributed by atoms with Crippen molar-refractivity contribution in [1.82, 2.24) is 0 Å². The van der Waals surface area contributed by atoms with Gasteiger partial charge in [0.1, 0.15) is 0 Å². The van der Waals surface area contributed by atoms with Gasteiger partial charge in [0.25, 0.3) is 0 Å². The number of carbonyl (C=O) groups is 2. The van der Waals surface area contributed by atoms with Crippen LogP contribution in [0.2, 0.25) is 0 Å². The van der Waals surface area contributed by atoms with Crippen molar-refractivity contribution in [3.05, 3.63) is 46.9 Å². The number of halogens is 1. The second kappa shape index (κ2) is 4.50. The molecule has 0 atom stereocenters. The third-order valence-electron chi connectivity index (χ3n) is 1.87. The van der Waals surface area contributed by atoms with Gasteiger partial charge in [0.15, 0.2) is 0 Å². The van der Waals surface area contributed by atoms with E-state index in [0.717, 1.165) is 0 Å². The predicted molar refractivity (Wildman–Crippen MR) is 51.6 cm³/mol. The second-order valence-electron chi connectivity index (χ2n) is 3.02. The van der Waals surface area contributed by atoms with Gasteiger partial charge in [-0.3, -0.25) is 4.79 Å². The monoisotopic (exact) mass is 208 g/mol. The molecule has 0 spiro atoms.